The third-order valence-electron chi connectivity index (χ3n) is 2.74. The van der Waals surface area contributed by atoms with Crippen LogP contribution in [-0.4, -0.2) is 21.2 Å². The van der Waals surface area contributed by atoms with E-state index >= 15 is 0 Å². The number of nitrogens with one attached hydrogen (secondary N) is 1. The third kappa shape index (κ3) is 3.39. The Hall–Kier alpha value is -1.81. The minimum Gasteiger partial charge on any atom is -0.346 e. The Labute approximate surface area is 123 Å². The number of aromatic nitrogens is 2. The van der Waals surface area contributed by atoms with Gasteiger partial charge in [-0.1, -0.05) is 23.7 Å². The summed E-state index contributed by atoms with van der Waals surface area (Å²) in [5.41, 5.74) is 1.97. The number of hydrogen-bond donors (Lipinski definition) is 1. The molecule has 2 aromatic rings. The summed E-state index contributed by atoms with van der Waals surface area (Å²) in [6.07, 6.45) is 0. The van der Waals surface area contributed by atoms with E-state index in [1.165, 1.54) is 0 Å². The quantitative estimate of drug-likeness (QED) is 0.923. The summed E-state index contributed by atoms with van der Waals surface area (Å²) in [6.45, 7) is 5.82. The fraction of sp³-hybridized carbons (Fsp3) is 0.333. The van der Waals surface area contributed by atoms with Gasteiger partial charge in [0, 0.05) is 17.6 Å². The highest BCUT2D eigenvalue weighted by atomic mass is 35.5. The lowest BCUT2D eigenvalue weighted by Crippen LogP contribution is -2.40. The van der Waals surface area contributed by atoms with Crippen molar-refractivity contribution in [2.24, 2.45) is 7.05 Å². The lowest BCUT2D eigenvalue weighted by Gasteiger charge is -2.19. The van der Waals surface area contributed by atoms with Crippen molar-refractivity contribution in [1.82, 2.24) is 15.1 Å². The van der Waals surface area contributed by atoms with Crippen LogP contribution in [0.2, 0.25) is 5.02 Å². The van der Waals surface area contributed by atoms with Gasteiger partial charge in [0.25, 0.3) is 5.91 Å². The number of benzene rings is 1. The molecule has 0 saturated heterocycles. The first-order valence-corrected chi connectivity index (χ1v) is 6.76. The van der Waals surface area contributed by atoms with Gasteiger partial charge in [0.05, 0.1) is 5.69 Å². The molecule has 0 aliphatic carbocycles. The van der Waals surface area contributed by atoms with E-state index in [2.05, 4.69) is 10.4 Å². The number of halogens is 1. The van der Waals surface area contributed by atoms with E-state index in [-0.39, 0.29) is 11.4 Å². The number of carbonyl (C=O) groups excluding carboxylic acids is 1. The van der Waals surface area contributed by atoms with Crippen molar-refractivity contribution >= 4 is 17.5 Å². The van der Waals surface area contributed by atoms with Crippen LogP contribution in [0.1, 0.15) is 31.3 Å². The van der Waals surface area contributed by atoms with Crippen LogP contribution < -0.4 is 5.32 Å². The van der Waals surface area contributed by atoms with Crippen LogP contribution in [0.4, 0.5) is 0 Å². The van der Waals surface area contributed by atoms with Crippen LogP contribution in [0.15, 0.2) is 30.3 Å². The molecule has 2 rings (SSSR count). The van der Waals surface area contributed by atoms with Crippen LogP contribution in [-0.2, 0) is 7.05 Å². The lowest BCUT2D eigenvalue weighted by molar-refractivity contribution is 0.0913. The van der Waals surface area contributed by atoms with E-state index in [0.29, 0.717) is 10.7 Å². The molecule has 1 amide bonds. The van der Waals surface area contributed by atoms with Crippen molar-refractivity contribution in [2.75, 3.05) is 0 Å². The lowest BCUT2D eigenvalue weighted by atomic mass is 10.1. The molecule has 0 aliphatic heterocycles. The van der Waals surface area contributed by atoms with E-state index in [0.717, 1.165) is 11.3 Å². The Bertz CT molecular complexity index is 624. The minimum atomic E-state index is -0.283. The summed E-state index contributed by atoms with van der Waals surface area (Å²) >= 11 is 5.88. The molecule has 0 aliphatic rings. The SMILES string of the molecule is Cn1nc(C(=O)NC(C)(C)C)cc1-c1ccc(Cl)cc1. The summed E-state index contributed by atoms with van der Waals surface area (Å²) < 4.78 is 1.70. The zero-order valence-electron chi connectivity index (χ0n) is 12.1. The fourth-order valence-corrected chi connectivity index (χ4v) is 2.00. The van der Waals surface area contributed by atoms with Gasteiger partial charge in [-0.3, -0.25) is 9.48 Å². The number of rotatable bonds is 2. The average Bonchev–Trinajstić information content (AvgIpc) is 2.70. The van der Waals surface area contributed by atoms with Crippen molar-refractivity contribution in [2.45, 2.75) is 26.3 Å². The molecule has 1 aromatic carbocycles. The molecule has 106 valence electrons. The molecular formula is C15H18ClN3O. The second-order valence-electron chi connectivity index (χ2n) is 5.75. The topological polar surface area (TPSA) is 46.9 Å². The summed E-state index contributed by atoms with van der Waals surface area (Å²) in [7, 11) is 1.82. The van der Waals surface area contributed by atoms with Crippen LogP contribution >= 0.6 is 11.6 Å². The summed E-state index contributed by atoms with van der Waals surface area (Å²) in [4.78, 5) is 12.1. The van der Waals surface area contributed by atoms with E-state index in [1.54, 1.807) is 10.7 Å². The molecule has 20 heavy (non-hydrogen) atoms. The molecule has 0 radical (unpaired) electrons. The number of carbonyl (C=O) groups is 1. The first kappa shape index (κ1) is 14.6. The number of amides is 1. The second kappa shape index (κ2) is 5.29. The van der Waals surface area contributed by atoms with Gasteiger partial charge in [0.1, 0.15) is 0 Å². The Morgan fingerprint density at radius 1 is 1.25 bits per heavy atom. The predicted octanol–water partition coefficient (Wildman–Crippen LogP) is 3.27. The summed E-state index contributed by atoms with van der Waals surface area (Å²) in [5.74, 6) is -0.173. The van der Waals surface area contributed by atoms with Gasteiger partial charge in [-0.05, 0) is 44.5 Å². The van der Waals surface area contributed by atoms with Crippen molar-refractivity contribution < 1.29 is 4.79 Å². The minimum absolute atomic E-state index is 0.173. The van der Waals surface area contributed by atoms with Gasteiger partial charge in [-0.15, -0.1) is 0 Å². The standard InChI is InChI=1S/C15H18ClN3O/c1-15(2,3)17-14(20)12-9-13(19(4)18-12)10-5-7-11(16)8-6-10/h5-9H,1-4H3,(H,17,20). The maximum absolute atomic E-state index is 12.1. The maximum Gasteiger partial charge on any atom is 0.272 e. The van der Waals surface area contributed by atoms with Gasteiger partial charge >= 0.3 is 0 Å². The maximum atomic E-state index is 12.1. The zero-order chi connectivity index (χ0) is 14.9. The molecule has 0 unspecified atom stereocenters. The van der Waals surface area contributed by atoms with Crippen LogP contribution in [0.25, 0.3) is 11.3 Å². The summed E-state index contributed by atoms with van der Waals surface area (Å²) in [6, 6.07) is 9.23. The van der Waals surface area contributed by atoms with Crippen LogP contribution in [0, 0.1) is 0 Å². The van der Waals surface area contributed by atoms with E-state index in [9.17, 15) is 4.79 Å². The van der Waals surface area contributed by atoms with Gasteiger partial charge in [-0.25, -0.2) is 0 Å². The molecule has 4 nitrogen and oxygen atoms in total. The molecule has 0 saturated carbocycles. The highest BCUT2D eigenvalue weighted by molar-refractivity contribution is 6.30. The van der Waals surface area contributed by atoms with E-state index < -0.39 is 0 Å². The highest BCUT2D eigenvalue weighted by Crippen LogP contribution is 2.22. The van der Waals surface area contributed by atoms with Crippen molar-refractivity contribution in [3.05, 3.63) is 41.0 Å². The van der Waals surface area contributed by atoms with Crippen molar-refractivity contribution in [1.29, 1.82) is 0 Å². The summed E-state index contributed by atoms with van der Waals surface area (Å²) in [5, 5.41) is 7.85. The molecule has 1 heterocycles. The van der Waals surface area contributed by atoms with Gasteiger partial charge in [0.15, 0.2) is 5.69 Å². The third-order valence-corrected chi connectivity index (χ3v) is 2.99. The van der Waals surface area contributed by atoms with Gasteiger partial charge in [0.2, 0.25) is 0 Å². The largest absolute Gasteiger partial charge is 0.346 e. The first-order valence-electron chi connectivity index (χ1n) is 6.39. The zero-order valence-corrected chi connectivity index (χ0v) is 12.8. The molecule has 0 fully saturated rings. The molecule has 5 heteroatoms. The smallest absolute Gasteiger partial charge is 0.272 e. The molecular weight excluding hydrogens is 274 g/mol. The van der Waals surface area contributed by atoms with Crippen molar-refractivity contribution in [3.8, 4) is 11.3 Å². The molecule has 0 spiro atoms. The number of aryl methyl sites for hydroxylation is 1. The fourth-order valence-electron chi connectivity index (χ4n) is 1.87. The second-order valence-corrected chi connectivity index (χ2v) is 6.19. The normalized spacial score (nSPS) is 11.4. The molecule has 1 N–H and O–H groups in total. The average molecular weight is 292 g/mol. The number of nitrogens with zero attached hydrogens (tertiary/aromatic N) is 2. The molecule has 0 bridgehead atoms. The van der Waals surface area contributed by atoms with Crippen LogP contribution in [0.5, 0.6) is 0 Å². The highest BCUT2D eigenvalue weighted by Gasteiger charge is 2.19. The Balaban J connectivity index is 2.30. The molecule has 0 atom stereocenters. The van der Waals surface area contributed by atoms with Gasteiger partial charge < -0.3 is 5.32 Å². The Morgan fingerprint density at radius 2 is 1.85 bits per heavy atom. The van der Waals surface area contributed by atoms with E-state index in [1.807, 2.05) is 52.1 Å². The Morgan fingerprint density at radius 3 is 2.40 bits per heavy atom. The monoisotopic (exact) mass is 291 g/mol. The predicted molar refractivity (Wildman–Crippen MR) is 80.9 cm³/mol. The first-order chi connectivity index (χ1) is 9.26. The molecule has 1 aromatic heterocycles. The number of hydrogen-bond acceptors (Lipinski definition) is 2. The van der Waals surface area contributed by atoms with Crippen molar-refractivity contribution in [3.63, 3.8) is 0 Å². The Kier molecular flexibility index (Phi) is 3.86. The van der Waals surface area contributed by atoms with Gasteiger partial charge in [-0.2, -0.15) is 5.10 Å². The van der Waals surface area contributed by atoms with Crippen LogP contribution in [0.3, 0.4) is 0 Å². The van der Waals surface area contributed by atoms with E-state index in [4.69, 9.17) is 11.6 Å².